The molecule has 8 heteroatoms. The van der Waals surface area contributed by atoms with Crippen LogP contribution in [0, 0.1) is 0 Å². The summed E-state index contributed by atoms with van der Waals surface area (Å²) >= 11 is 0. The molecule has 2 radical (unpaired) electrons. The summed E-state index contributed by atoms with van der Waals surface area (Å²) in [6, 6.07) is 15.9. The van der Waals surface area contributed by atoms with Crippen molar-refractivity contribution in [3.05, 3.63) is 64.4 Å². The van der Waals surface area contributed by atoms with Crippen LogP contribution >= 0.6 is 0 Å². The number of rotatable bonds is 7. The second-order valence-corrected chi connectivity index (χ2v) is 8.94. The van der Waals surface area contributed by atoms with Gasteiger partial charge in [0.25, 0.3) is 5.56 Å². The predicted molar refractivity (Wildman–Crippen MR) is 133 cm³/mol. The summed E-state index contributed by atoms with van der Waals surface area (Å²) in [6.45, 7) is 5.25. The molecule has 7 nitrogen and oxygen atoms in total. The molecule has 1 saturated heterocycles. The van der Waals surface area contributed by atoms with Crippen LogP contribution in [0.1, 0.15) is 18.4 Å². The number of aromatic nitrogens is 1. The second-order valence-electron chi connectivity index (χ2n) is 8.94. The van der Waals surface area contributed by atoms with Gasteiger partial charge in [0, 0.05) is 37.1 Å². The maximum atomic E-state index is 12.7. The lowest BCUT2D eigenvalue weighted by atomic mass is 9.99. The Labute approximate surface area is 201 Å². The number of hydrogen-bond donors (Lipinski definition) is 0. The van der Waals surface area contributed by atoms with Crippen LogP contribution in [0.3, 0.4) is 0 Å². The van der Waals surface area contributed by atoms with E-state index in [-0.39, 0.29) is 5.56 Å². The number of pyridine rings is 1. The molecule has 176 valence electrons. The highest BCUT2D eigenvalue weighted by Gasteiger charge is 2.23. The van der Waals surface area contributed by atoms with Crippen molar-refractivity contribution in [2.75, 3.05) is 40.0 Å². The van der Waals surface area contributed by atoms with Crippen LogP contribution in [0.4, 0.5) is 0 Å². The largest absolute Gasteiger partial charge is 0.496 e. The molecular formula is C26H30BN3O4. The smallest absolute Gasteiger partial charge is 0.254 e. The van der Waals surface area contributed by atoms with Crippen LogP contribution < -0.4 is 19.8 Å². The van der Waals surface area contributed by atoms with E-state index >= 15 is 0 Å². The van der Waals surface area contributed by atoms with Gasteiger partial charge in [-0.2, -0.15) is 0 Å². The normalized spacial score (nSPS) is 16.8. The van der Waals surface area contributed by atoms with Gasteiger partial charge in [0.1, 0.15) is 19.0 Å². The average molecular weight is 459 g/mol. The lowest BCUT2D eigenvalue weighted by Crippen LogP contribution is -2.44. The van der Waals surface area contributed by atoms with E-state index in [1.807, 2.05) is 45.8 Å². The van der Waals surface area contributed by atoms with Gasteiger partial charge in [-0.05, 0) is 55.8 Å². The van der Waals surface area contributed by atoms with Crippen molar-refractivity contribution in [1.82, 2.24) is 14.3 Å². The van der Waals surface area contributed by atoms with E-state index in [2.05, 4.69) is 11.0 Å². The van der Waals surface area contributed by atoms with E-state index in [0.29, 0.717) is 38.1 Å². The fraction of sp³-hybridized carbons (Fsp3) is 0.423. The molecule has 0 aliphatic carbocycles. The van der Waals surface area contributed by atoms with Crippen LogP contribution in [0.15, 0.2) is 53.3 Å². The van der Waals surface area contributed by atoms with Crippen molar-refractivity contribution < 1.29 is 14.2 Å². The van der Waals surface area contributed by atoms with Crippen LogP contribution in [0.25, 0.3) is 10.9 Å². The van der Waals surface area contributed by atoms with Crippen LogP contribution in [0.2, 0.25) is 0 Å². The Morgan fingerprint density at radius 3 is 2.59 bits per heavy atom. The highest BCUT2D eigenvalue weighted by atomic mass is 16.6. The van der Waals surface area contributed by atoms with E-state index in [1.54, 1.807) is 13.2 Å². The summed E-state index contributed by atoms with van der Waals surface area (Å²) < 4.78 is 18.6. The molecule has 5 rings (SSSR count). The van der Waals surface area contributed by atoms with Gasteiger partial charge in [0.15, 0.2) is 19.5 Å². The molecule has 2 aliphatic heterocycles. The summed E-state index contributed by atoms with van der Waals surface area (Å²) in [7, 11) is 8.06. The SMILES string of the molecule is [B]N(Cc1ccc2c(c1)OCCO2)C1CCN(CCn2c(=O)cc(OC)c3ccccc32)CC1. The Kier molecular flexibility index (Phi) is 6.78. The third-order valence-corrected chi connectivity index (χ3v) is 6.84. The molecule has 0 saturated carbocycles. The molecule has 3 heterocycles. The second kappa shape index (κ2) is 10.1. The molecule has 1 aromatic heterocycles. The molecule has 0 amide bonds. The monoisotopic (exact) mass is 459 g/mol. The number of nitrogens with zero attached hydrogens (tertiary/aromatic N) is 3. The fourth-order valence-electron chi connectivity index (χ4n) is 4.95. The van der Waals surface area contributed by atoms with Gasteiger partial charge in [-0.3, -0.25) is 4.79 Å². The standard InChI is InChI=1S/C26H30BN3O4/c1-32-24-17-26(31)29(22-5-3-2-4-21(22)24)13-12-28-10-8-20(9-11-28)30(27)18-19-6-7-23-25(16-19)34-15-14-33-23/h2-7,16-17,20H,8-15,18H2,1H3. The first-order valence-corrected chi connectivity index (χ1v) is 11.9. The maximum absolute atomic E-state index is 12.7. The predicted octanol–water partition coefficient (Wildman–Crippen LogP) is 2.83. The zero-order valence-corrected chi connectivity index (χ0v) is 19.6. The van der Waals surface area contributed by atoms with Gasteiger partial charge in [-0.15, -0.1) is 0 Å². The zero-order chi connectivity index (χ0) is 23.5. The Hall–Kier alpha value is -2.97. The molecule has 0 unspecified atom stereocenters. The van der Waals surface area contributed by atoms with E-state index < -0.39 is 0 Å². The van der Waals surface area contributed by atoms with Crippen LogP contribution in [0.5, 0.6) is 17.2 Å². The van der Waals surface area contributed by atoms with Gasteiger partial charge >= 0.3 is 0 Å². The lowest BCUT2D eigenvalue weighted by Gasteiger charge is -2.37. The van der Waals surface area contributed by atoms with E-state index in [9.17, 15) is 4.79 Å². The number of benzene rings is 2. The Bertz CT molecular complexity index is 1210. The van der Waals surface area contributed by atoms with Crippen molar-refractivity contribution in [2.45, 2.75) is 32.0 Å². The van der Waals surface area contributed by atoms with Crippen molar-refractivity contribution in [1.29, 1.82) is 0 Å². The molecule has 0 atom stereocenters. The minimum absolute atomic E-state index is 0.0296. The minimum atomic E-state index is -0.0296. The Morgan fingerprint density at radius 2 is 1.79 bits per heavy atom. The summed E-state index contributed by atoms with van der Waals surface area (Å²) in [5.74, 6) is 2.22. The first-order valence-electron chi connectivity index (χ1n) is 11.9. The van der Waals surface area contributed by atoms with Crippen molar-refractivity contribution in [3.63, 3.8) is 0 Å². The summed E-state index contributed by atoms with van der Waals surface area (Å²) in [6.07, 6.45) is 2.00. The molecule has 0 N–H and O–H groups in total. The number of piperidine rings is 1. The maximum Gasteiger partial charge on any atom is 0.254 e. The molecule has 0 spiro atoms. The quantitative estimate of drug-likeness (QED) is 0.507. The molecule has 1 fully saturated rings. The van der Waals surface area contributed by atoms with Crippen molar-refractivity contribution in [2.24, 2.45) is 0 Å². The average Bonchev–Trinajstić information content (AvgIpc) is 2.88. The third-order valence-electron chi connectivity index (χ3n) is 6.84. The molecule has 2 aliphatic rings. The summed E-state index contributed by atoms with van der Waals surface area (Å²) in [5, 5.41) is 0.959. The van der Waals surface area contributed by atoms with Crippen LogP contribution in [-0.2, 0) is 13.1 Å². The summed E-state index contributed by atoms with van der Waals surface area (Å²) in [5.41, 5.74) is 2.01. The number of fused-ring (bicyclic) bond motifs is 2. The number of likely N-dealkylation sites (tertiary alicyclic amines) is 1. The van der Waals surface area contributed by atoms with E-state index in [1.165, 1.54) is 0 Å². The van der Waals surface area contributed by atoms with E-state index in [4.69, 9.17) is 22.2 Å². The minimum Gasteiger partial charge on any atom is -0.496 e. The number of ether oxygens (including phenoxy) is 3. The number of methoxy groups -OCH3 is 1. The Morgan fingerprint density at radius 1 is 1.03 bits per heavy atom. The van der Waals surface area contributed by atoms with Crippen molar-refractivity contribution in [3.8, 4) is 17.2 Å². The van der Waals surface area contributed by atoms with Crippen molar-refractivity contribution >= 4 is 18.9 Å². The topological polar surface area (TPSA) is 56.2 Å². The van der Waals surface area contributed by atoms with Gasteiger partial charge < -0.3 is 28.5 Å². The van der Waals surface area contributed by atoms with E-state index in [0.717, 1.165) is 60.4 Å². The molecular weight excluding hydrogens is 429 g/mol. The number of hydrogen-bond acceptors (Lipinski definition) is 6. The van der Waals surface area contributed by atoms with Crippen LogP contribution in [-0.4, -0.2) is 68.3 Å². The summed E-state index contributed by atoms with van der Waals surface area (Å²) in [4.78, 5) is 17.1. The first kappa shape index (κ1) is 22.8. The van der Waals surface area contributed by atoms with Gasteiger partial charge in [0.2, 0.25) is 0 Å². The van der Waals surface area contributed by atoms with Gasteiger partial charge in [0.05, 0.1) is 12.6 Å². The lowest BCUT2D eigenvalue weighted by molar-refractivity contribution is 0.153. The Balaban J connectivity index is 1.16. The highest BCUT2D eigenvalue weighted by molar-refractivity contribution is 6.04. The fourth-order valence-corrected chi connectivity index (χ4v) is 4.95. The molecule has 2 aromatic carbocycles. The van der Waals surface area contributed by atoms with Gasteiger partial charge in [-0.1, -0.05) is 18.2 Å². The highest BCUT2D eigenvalue weighted by Crippen LogP contribution is 2.31. The zero-order valence-electron chi connectivity index (χ0n) is 19.6. The van der Waals surface area contributed by atoms with Gasteiger partial charge in [-0.25, -0.2) is 0 Å². The molecule has 0 bridgehead atoms. The number of para-hydroxylation sites is 1. The molecule has 34 heavy (non-hydrogen) atoms. The third kappa shape index (κ3) is 4.79. The first-order chi connectivity index (χ1) is 16.6. The molecule has 3 aromatic rings.